The first-order valence-electron chi connectivity index (χ1n) is 3.49. The highest BCUT2D eigenvalue weighted by molar-refractivity contribution is 4.90. The third-order valence-corrected chi connectivity index (χ3v) is 1.85. The van der Waals surface area contributed by atoms with Crippen LogP contribution in [0.4, 0.5) is 26.3 Å². The van der Waals surface area contributed by atoms with Crippen molar-refractivity contribution in [1.82, 2.24) is 0 Å². The van der Waals surface area contributed by atoms with Gasteiger partial charge < -0.3 is 0 Å². The largest absolute Gasteiger partial charge is 0.421 e. The number of nitrogens with one attached hydrogen (secondary N) is 1. The fraction of sp³-hybridized carbons (Fsp3) is 1.00. The fourth-order valence-corrected chi connectivity index (χ4v) is 0.653. The van der Waals surface area contributed by atoms with Crippen LogP contribution in [-0.2, 0) is 0 Å². The van der Waals surface area contributed by atoms with Crippen LogP contribution in [0.5, 0.6) is 0 Å². The third-order valence-electron chi connectivity index (χ3n) is 1.85. The first-order valence-corrected chi connectivity index (χ1v) is 3.49. The van der Waals surface area contributed by atoms with Crippen molar-refractivity contribution in [1.29, 1.82) is 5.53 Å². The van der Waals surface area contributed by atoms with Gasteiger partial charge in [0.1, 0.15) is 0 Å². The molecule has 0 heterocycles. The standard InChI is InChI=1S/C6H8F6N2/c1-3(4(2,7)8)5(9,10)6(11,12)14-13/h3,13H,1-2H3/t3-/m1/s1. The maximum Gasteiger partial charge on any atom is 0.421 e. The van der Waals surface area contributed by atoms with E-state index in [1.807, 2.05) is 0 Å². The molecule has 0 amide bonds. The maximum atomic E-state index is 12.6. The average Bonchev–Trinajstić information content (AvgIpc) is 2.01. The topological polar surface area (TPSA) is 36.2 Å². The van der Waals surface area contributed by atoms with E-state index in [0.29, 0.717) is 0 Å². The zero-order chi connectivity index (χ0) is 11.8. The van der Waals surface area contributed by atoms with E-state index in [4.69, 9.17) is 5.53 Å². The number of hydrogen-bond acceptors (Lipinski definition) is 2. The molecule has 8 heteroatoms. The molecule has 0 radical (unpaired) electrons. The average molecular weight is 222 g/mol. The molecule has 0 aliphatic rings. The SMILES string of the molecule is C[C@H](C(C)(F)F)C(F)(F)C(F)(F)N=N. The lowest BCUT2D eigenvalue weighted by molar-refractivity contribution is -0.267. The second kappa shape index (κ2) is 3.39. The minimum atomic E-state index is -5.11. The lowest BCUT2D eigenvalue weighted by Gasteiger charge is -2.30. The van der Waals surface area contributed by atoms with Crippen molar-refractivity contribution in [2.24, 2.45) is 11.0 Å². The summed E-state index contributed by atoms with van der Waals surface area (Å²) in [7, 11) is 0. The lowest BCUT2D eigenvalue weighted by atomic mass is 9.95. The van der Waals surface area contributed by atoms with Crippen LogP contribution in [0.2, 0.25) is 0 Å². The van der Waals surface area contributed by atoms with Crippen LogP contribution in [0, 0.1) is 11.4 Å². The maximum absolute atomic E-state index is 12.6. The molecule has 0 aromatic carbocycles. The van der Waals surface area contributed by atoms with Gasteiger partial charge in [0, 0.05) is 0 Å². The predicted octanol–water partition coefficient (Wildman–Crippen LogP) is 3.54. The zero-order valence-electron chi connectivity index (χ0n) is 7.29. The highest BCUT2D eigenvalue weighted by Crippen LogP contribution is 2.46. The molecule has 0 aliphatic heterocycles. The molecule has 84 valence electrons. The summed E-state index contributed by atoms with van der Waals surface area (Å²) in [4.78, 5) is 0. The van der Waals surface area contributed by atoms with Crippen LogP contribution in [0.15, 0.2) is 5.11 Å². The lowest BCUT2D eigenvalue weighted by Crippen LogP contribution is -2.49. The van der Waals surface area contributed by atoms with Crippen LogP contribution in [0.3, 0.4) is 0 Å². The molecule has 1 N–H and O–H groups in total. The van der Waals surface area contributed by atoms with Crippen LogP contribution < -0.4 is 0 Å². The molecule has 0 rings (SSSR count). The number of halogens is 6. The molecule has 14 heavy (non-hydrogen) atoms. The van der Waals surface area contributed by atoms with Gasteiger partial charge in [-0.15, -0.1) is 5.11 Å². The highest BCUT2D eigenvalue weighted by atomic mass is 19.3. The Hall–Kier alpha value is -0.820. The van der Waals surface area contributed by atoms with Gasteiger partial charge in [-0.2, -0.15) is 17.6 Å². The summed E-state index contributed by atoms with van der Waals surface area (Å²) in [6, 6.07) is -5.11. The number of hydrogen-bond donors (Lipinski definition) is 1. The summed E-state index contributed by atoms with van der Waals surface area (Å²) in [6.07, 6.45) is 0. The van der Waals surface area contributed by atoms with Crippen LogP contribution in [-0.4, -0.2) is 17.9 Å². The van der Waals surface area contributed by atoms with Gasteiger partial charge in [0.25, 0.3) is 5.92 Å². The Balaban J connectivity index is 5.06. The van der Waals surface area contributed by atoms with Crippen molar-refractivity contribution in [2.45, 2.75) is 31.7 Å². The van der Waals surface area contributed by atoms with Crippen LogP contribution in [0.25, 0.3) is 0 Å². The molecule has 0 unspecified atom stereocenters. The van der Waals surface area contributed by atoms with E-state index in [1.165, 1.54) is 5.11 Å². The Kier molecular flexibility index (Phi) is 3.19. The van der Waals surface area contributed by atoms with Crippen LogP contribution in [0.1, 0.15) is 13.8 Å². The summed E-state index contributed by atoms with van der Waals surface area (Å²) in [6.45, 7) is 0.380. The molecule has 1 atom stereocenters. The van der Waals surface area contributed by atoms with Gasteiger partial charge in [0.15, 0.2) is 0 Å². The Morgan fingerprint density at radius 3 is 1.64 bits per heavy atom. The number of rotatable bonds is 4. The van der Waals surface area contributed by atoms with E-state index in [9.17, 15) is 26.3 Å². The number of alkyl halides is 6. The first kappa shape index (κ1) is 13.2. The van der Waals surface area contributed by atoms with Crippen molar-refractivity contribution in [3.05, 3.63) is 0 Å². The molecule has 0 spiro atoms. The predicted molar refractivity (Wildman–Crippen MR) is 34.8 cm³/mol. The summed E-state index contributed by atoms with van der Waals surface area (Å²) in [5.41, 5.74) is 5.81. The summed E-state index contributed by atoms with van der Waals surface area (Å²) >= 11 is 0. The highest BCUT2D eigenvalue weighted by Gasteiger charge is 2.65. The molecule has 2 nitrogen and oxygen atoms in total. The summed E-state index contributed by atoms with van der Waals surface area (Å²) < 4.78 is 74.6. The van der Waals surface area contributed by atoms with Gasteiger partial charge in [-0.1, -0.05) is 6.92 Å². The normalized spacial score (nSPS) is 16.6. The Labute approximate surface area is 75.8 Å². The van der Waals surface area contributed by atoms with E-state index in [0.717, 1.165) is 0 Å². The second-order valence-corrected chi connectivity index (χ2v) is 2.95. The summed E-state index contributed by atoms with van der Waals surface area (Å²) in [5.74, 6) is -11.9. The molecule has 0 bridgehead atoms. The second-order valence-electron chi connectivity index (χ2n) is 2.95. The van der Waals surface area contributed by atoms with E-state index < -0.39 is 23.8 Å². The third kappa shape index (κ3) is 2.16. The van der Waals surface area contributed by atoms with E-state index in [-0.39, 0.29) is 13.8 Å². The van der Waals surface area contributed by atoms with E-state index in [1.54, 1.807) is 0 Å². The van der Waals surface area contributed by atoms with Gasteiger partial charge in [-0.05, 0) is 6.92 Å². The molecular formula is C6H8F6N2. The van der Waals surface area contributed by atoms with Gasteiger partial charge in [-0.3, -0.25) is 0 Å². The molecule has 0 saturated heterocycles. The minimum Gasteiger partial charge on any atom is -0.207 e. The monoisotopic (exact) mass is 222 g/mol. The molecule has 0 saturated carbocycles. The van der Waals surface area contributed by atoms with Crippen LogP contribution >= 0.6 is 0 Å². The fourth-order valence-electron chi connectivity index (χ4n) is 0.653. The smallest absolute Gasteiger partial charge is 0.207 e. The first-order chi connectivity index (χ1) is 5.97. The van der Waals surface area contributed by atoms with Gasteiger partial charge in [-0.25, -0.2) is 14.3 Å². The molecule has 0 fully saturated rings. The van der Waals surface area contributed by atoms with Crippen molar-refractivity contribution in [3.63, 3.8) is 0 Å². The van der Waals surface area contributed by atoms with Gasteiger partial charge in [0.2, 0.25) is 0 Å². The Morgan fingerprint density at radius 2 is 1.43 bits per heavy atom. The molecule has 0 aliphatic carbocycles. The van der Waals surface area contributed by atoms with Crippen molar-refractivity contribution in [2.75, 3.05) is 0 Å². The van der Waals surface area contributed by atoms with E-state index >= 15 is 0 Å². The zero-order valence-corrected chi connectivity index (χ0v) is 7.29. The van der Waals surface area contributed by atoms with Crippen molar-refractivity contribution >= 4 is 0 Å². The Morgan fingerprint density at radius 1 is 1.07 bits per heavy atom. The molecule has 0 aromatic rings. The van der Waals surface area contributed by atoms with Gasteiger partial charge >= 0.3 is 12.0 Å². The Bertz CT molecular complexity index is 221. The van der Waals surface area contributed by atoms with E-state index in [2.05, 4.69) is 0 Å². The van der Waals surface area contributed by atoms with Crippen molar-refractivity contribution in [3.8, 4) is 0 Å². The summed E-state index contributed by atoms with van der Waals surface area (Å²) in [5, 5.41) is 1.36. The molecular weight excluding hydrogens is 214 g/mol. The quantitative estimate of drug-likeness (QED) is 0.429. The van der Waals surface area contributed by atoms with Crippen molar-refractivity contribution < 1.29 is 26.3 Å². The minimum absolute atomic E-state index is 0.103. The van der Waals surface area contributed by atoms with Gasteiger partial charge in [0.05, 0.1) is 5.92 Å². The molecule has 0 aromatic heterocycles. The number of nitrogens with zero attached hydrogens (tertiary/aromatic N) is 1.